The molecular weight excluding hydrogens is 484 g/mol. The lowest BCUT2D eigenvalue weighted by atomic mass is 10.2. The van der Waals surface area contributed by atoms with E-state index in [-0.39, 0.29) is 33.7 Å². The molecule has 0 spiro atoms. The lowest BCUT2D eigenvalue weighted by Crippen LogP contribution is -2.23. The van der Waals surface area contributed by atoms with Crippen molar-refractivity contribution >= 4 is 51.7 Å². The molecule has 0 N–H and O–H groups in total. The number of hydrogen-bond donors (Lipinski definition) is 0. The van der Waals surface area contributed by atoms with Gasteiger partial charge in [-0.2, -0.15) is 13.2 Å². The van der Waals surface area contributed by atoms with Crippen molar-refractivity contribution in [2.24, 2.45) is 0 Å². The Morgan fingerprint density at radius 3 is 2.61 bits per heavy atom. The van der Waals surface area contributed by atoms with E-state index in [0.717, 1.165) is 34.4 Å². The Labute approximate surface area is 194 Å². The predicted octanol–water partition coefficient (Wildman–Crippen LogP) is 6.40. The van der Waals surface area contributed by atoms with E-state index in [0.29, 0.717) is 0 Å². The van der Waals surface area contributed by atoms with Gasteiger partial charge in [-0.3, -0.25) is 9.69 Å². The number of halogens is 5. The van der Waals surface area contributed by atoms with Gasteiger partial charge in [0, 0.05) is 23.9 Å². The number of carbonyl (C=O) groups excluding carboxylic acids is 2. The van der Waals surface area contributed by atoms with Crippen LogP contribution in [-0.4, -0.2) is 16.9 Å². The quantitative estimate of drug-likeness (QED) is 0.224. The van der Waals surface area contributed by atoms with Gasteiger partial charge in [0.25, 0.3) is 0 Å². The van der Waals surface area contributed by atoms with Crippen LogP contribution in [0.15, 0.2) is 53.9 Å². The third-order valence-corrected chi connectivity index (χ3v) is 5.43. The molecule has 172 valence electrons. The first-order valence-corrected chi connectivity index (χ1v) is 10.5. The molecule has 3 rings (SSSR count). The van der Waals surface area contributed by atoms with Gasteiger partial charge in [-0.15, -0.1) is 11.3 Å². The Morgan fingerprint density at radius 1 is 1.21 bits per heavy atom. The van der Waals surface area contributed by atoms with Crippen molar-refractivity contribution in [1.82, 2.24) is 4.98 Å². The summed E-state index contributed by atoms with van der Waals surface area (Å²) in [5.74, 6) is -1.93. The summed E-state index contributed by atoms with van der Waals surface area (Å²) < 4.78 is 57.9. The zero-order valence-corrected chi connectivity index (χ0v) is 18.5. The largest absolute Gasteiger partial charge is 0.456 e. The lowest BCUT2D eigenvalue weighted by Gasteiger charge is -2.19. The van der Waals surface area contributed by atoms with Crippen molar-refractivity contribution in [3.05, 3.63) is 81.6 Å². The van der Waals surface area contributed by atoms with Gasteiger partial charge < -0.3 is 4.74 Å². The molecule has 3 aromatic rings. The number of anilines is 2. The molecule has 33 heavy (non-hydrogen) atoms. The molecule has 1 heterocycles. The van der Waals surface area contributed by atoms with Crippen LogP contribution in [0, 0.1) is 5.82 Å². The van der Waals surface area contributed by atoms with E-state index in [9.17, 15) is 27.2 Å². The molecule has 0 atom stereocenters. The van der Waals surface area contributed by atoms with Gasteiger partial charge >= 0.3 is 12.1 Å². The molecule has 1 aromatic heterocycles. The predicted molar refractivity (Wildman–Crippen MR) is 117 cm³/mol. The van der Waals surface area contributed by atoms with Gasteiger partial charge in [0.05, 0.1) is 22.0 Å². The van der Waals surface area contributed by atoms with E-state index in [1.165, 1.54) is 48.7 Å². The van der Waals surface area contributed by atoms with Crippen molar-refractivity contribution in [3.63, 3.8) is 0 Å². The summed E-state index contributed by atoms with van der Waals surface area (Å²) in [6, 6.07) is 8.39. The number of ether oxygens (including phenoxy) is 1. The SMILES string of the molecule is CC(=O)N(c1cccc(C(F)(F)F)c1)c1nc(COC(=O)/C=C/c2c(F)cccc2Cl)cs1. The summed E-state index contributed by atoms with van der Waals surface area (Å²) in [6.07, 6.45) is -2.39. The first-order valence-electron chi connectivity index (χ1n) is 9.27. The Balaban J connectivity index is 1.71. The van der Waals surface area contributed by atoms with Crippen molar-refractivity contribution in [2.75, 3.05) is 4.90 Å². The lowest BCUT2D eigenvalue weighted by molar-refractivity contribution is -0.139. The van der Waals surface area contributed by atoms with Crippen molar-refractivity contribution in [3.8, 4) is 0 Å². The number of rotatable bonds is 6. The van der Waals surface area contributed by atoms with Gasteiger partial charge in [-0.1, -0.05) is 23.7 Å². The molecule has 2 aromatic carbocycles. The summed E-state index contributed by atoms with van der Waals surface area (Å²) in [5, 5.41) is 1.74. The number of aromatic nitrogens is 1. The van der Waals surface area contributed by atoms with E-state index in [1.54, 1.807) is 0 Å². The van der Waals surface area contributed by atoms with E-state index in [1.807, 2.05) is 0 Å². The summed E-state index contributed by atoms with van der Waals surface area (Å²) in [4.78, 5) is 29.3. The fraction of sp³-hybridized carbons (Fsp3) is 0.136. The minimum absolute atomic E-state index is 0.0000745. The van der Waals surface area contributed by atoms with Crippen LogP contribution in [0.25, 0.3) is 6.08 Å². The summed E-state index contributed by atoms with van der Waals surface area (Å²) in [5.41, 5.74) is -0.595. The third kappa shape index (κ3) is 6.17. The van der Waals surface area contributed by atoms with E-state index in [2.05, 4.69) is 4.98 Å². The Morgan fingerprint density at radius 2 is 1.94 bits per heavy atom. The van der Waals surface area contributed by atoms with Crippen molar-refractivity contribution < 1.29 is 31.9 Å². The van der Waals surface area contributed by atoms with Gasteiger partial charge in [0.2, 0.25) is 5.91 Å². The molecule has 0 aliphatic heterocycles. The van der Waals surface area contributed by atoms with Crippen LogP contribution >= 0.6 is 22.9 Å². The highest BCUT2D eigenvalue weighted by molar-refractivity contribution is 7.14. The molecule has 1 amide bonds. The maximum absolute atomic E-state index is 13.7. The van der Waals surface area contributed by atoms with E-state index >= 15 is 0 Å². The third-order valence-electron chi connectivity index (χ3n) is 4.23. The number of carbonyl (C=O) groups is 2. The van der Waals surface area contributed by atoms with Gasteiger partial charge in [0.15, 0.2) is 5.13 Å². The van der Waals surface area contributed by atoms with Crippen LogP contribution in [0.1, 0.15) is 23.7 Å². The molecule has 0 aliphatic rings. The number of esters is 1. The summed E-state index contributed by atoms with van der Waals surface area (Å²) in [7, 11) is 0. The molecule has 0 saturated heterocycles. The average molecular weight is 499 g/mol. The maximum Gasteiger partial charge on any atom is 0.416 e. The molecule has 0 fully saturated rings. The molecule has 0 bridgehead atoms. The second-order valence-corrected chi connectivity index (χ2v) is 7.84. The standard InChI is InChI=1S/C22H15ClF4N2O3S/c1-13(30)29(16-5-2-4-14(10-16)22(25,26)27)21-28-15(12-33-21)11-32-20(31)9-8-17-18(23)6-3-7-19(17)24/h2-10,12H,11H2,1H3/b9-8+. The number of alkyl halides is 3. The maximum atomic E-state index is 13.7. The molecule has 5 nitrogen and oxygen atoms in total. The first-order chi connectivity index (χ1) is 15.6. The van der Waals surface area contributed by atoms with Gasteiger partial charge in [0.1, 0.15) is 12.4 Å². The van der Waals surface area contributed by atoms with Gasteiger partial charge in [-0.25, -0.2) is 14.2 Å². The van der Waals surface area contributed by atoms with E-state index in [4.69, 9.17) is 16.3 Å². The molecular formula is C22H15ClF4N2O3S. The minimum atomic E-state index is -4.57. The number of hydrogen-bond acceptors (Lipinski definition) is 5. The number of amides is 1. The van der Waals surface area contributed by atoms with Crippen LogP contribution in [-0.2, 0) is 27.1 Å². The second-order valence-electron chi connectivity index (χ2n) is 6.60. The molecule has 0 unspecified atom stereocenters. The highest BCUT2D eigenvalue weighted by Crippen LogP contribution is 2.35. The summed E-state index contributed by atoms with van der Waals surface area (Å²) >= 11 is 6.88. The van der Waals surface area contributed by atoms with Crippen LogP contribution < -0.4 is 4.90 Å². The van der Waals surface area contributed by atoms with Crippen molar-refractivity contribution in [2.45, 2.75) is 19.7 Å². The fourth-order valence-corrected chi connectivity index (χ4v) is 3.83. The van der Waals surface area contributed by atoms with Crippen LogP contribution in [0.3, 0.4) is 0 Å². The molecule has 0 aliphatic carbocycles. The zero-order chi connectivity index (χ0) is 24.2. The number of thiazole rings is 1. The van der Waals surface area contributed by atoms with E-state index < -0.39 is 29.4 Å². The highest BCUT2D eigenvalue weighted by atomic mass is 35.5. The first kappa shape index (κ1) is 24.4. The number of nitrogens with zero attached hydrogens (tertiary/aromatic N) is 2. The Kier molecular flexibility index (Phi) is 7.50. The Hall–Kier alpha value is -3.24. The molecule has 11 heteroatoms. The zero-order valence-electron chi connectivity index (χ0n) is 16.9. The second kappa shape index (κ2) is 10.1. The van der Waals surface area contributed by atoms with Crippen molar-refractivity contribution in [1.29, 1.82) is 0 Å². The Bertz CT molecular complexity index is 1190. The normalized spacial score (nSPS) is 11.6. The highest BCUT2D eigenvalue weighted by Gasteiger charge is 2.31. The fourth-order valence-electron chi connectivity index (χ4n) is 2.73. The van der Waals surface area contributed by atoms with Crippen LogP contribution in [0.4, 0.5) is 28.4 Å². The molecule has 0 saturated carbocycles. The smallest absolute Gasteiger partial charge is 0.416 e. The molecule has 0 radical (unpaired) electrons. The average Bonchev–Trinajstić information content (AvgIpc) is 3.20. The topological polar surface area (TPSA) is 59.5 Å². The number of benzene rings is 2. The van der Waals surface area contributed by atoms with Crippen LogP contribution in [0.5, 0.6) is 0 Å². The summed E-state index contributed by atoms with van der Waals surface area (Å²) in [6.45, 7) is 0.930. The monoisotopic (exact) mass is 498 g/mol. The minimum Gasteiger partial charge on any atom is -0.456 e. The van der Waals surface area contributed by atoms with Gasteiger partial charge in [-0.05, 0) is 36.4 Å². The van der Waals surface area contributed by atoms with Crippen LogP contribution in [0.2, 0.25) is 5.02 Å².